The standard InChI is InChI=1S/C32H26N2O2/c35-31-28-27(29(25-17-9-3-10-18-25)33(31)21-23-13-5-1-6-14-23)32(36)34(22-24-15-7-2-8-16-24)30(28)26-19-11-4-12-20-26/h1-20,27,29H,21-22H2. The third-order valence-electron chi connectivity index (χ3n) is 7.08. The molecule has 2 amide bonds. The van der Waals surface area contributed by atoms with Crippen molar-refractivity contribution in [2.75, 3.05) is 0 Å². The second-order valence-corrected chi connectivity index (χ2v) is 9.29. The zero-order chi connectivity index (χ0) is 24.5. The van der Waals surface area contributed by atoms with Gasteiger partial charge in [-0.05, 0) is 22.3 Å². The molecule has 176 valence electrons. The molecule has 4 nitrogen and oxygen atoms in total. The first-order valence-corrected chi connectivity index (χ1v) is 12.3. The van der Waals surface area contributed by atoms with E-state index in [9.17, 15) is 9.59 Å². The van der Waals surface area contributed by atoms with Gasteiger partial charge in [0.2, 0.25) is 5.91 Å². The number of benzene rings is 4. The van der Waals surface area contributed by atoms with Gasteiger partial charge < -0.3 is 9.80 Å². The van der Waals surface area contributed by atoms with Crippen LogP contribution in [0, 0.1) is 5.92 Å². The summed E-state index contributed by atoms with van der Waals surface area (Å²) in [6.07, 6.45) is 0. The molecule has 0 aromatic heterocycles. The summed E-state index contributed by atoms with van der Waals surface area (Å²) in [7, 11) is 0. The second kappa shape index (κ2) is 9.31. The Hall–Kier alpha value is -4.44. The molecule has 36 heavy (non-hydrogen) atoms. The number of rotatable bonds is 6. The van der Waals surface area contributed by atoms with Gasteiger partial charge in [0.15, 0.2) is 0 Å². The van der Waals surface area contributed by atoms with E-state index in [2.05, 4.69) is 0 Å². The maximum atomic E-state index is 14.2. The summed E-state index contributed by atoms with van der Waals surface area (Å²) in [5, 5.41) is 0. The number of hydrogen-bond acceptors (Lipinski definition) is 2. The minimum absolute atomic E-state index is 0.0227. The summed E-state index contributed by atoms with van der Waals surface area (Å²) >= 11 is 0. The second-order valence-electron chi connectivity index (χ2n) is 9.29. The van der Waals surface area contributed by atoms with Crippen molar-refractivity contribution in [3.05, 3.63) is 149 Å². The normalized spacial score (nSPS) is 19.2. The van der Waals surface area contributed by atoms with Crippen molar-refractivity contribution in [2.45, 2.75) is 19.1 Å². The van der Waals surface area contributed by atoms with Crippen LogP contribution in [0.15, 0.2) is 127 Å². The molecule has 2 aliphatic rings. The molecule has 0 radical (unpaired) electrons. The largest absolute Gasteiger partial charge is 0.326 e. The highest BCUT2D eigenvalue weighted by Crippen LogP contribution is 2.51. The highest BCUT2D eigenvalue weighted by molar-refractivity contribution is 6.15. The average molecular weight is 471 g/mol. The lowest BCUT2D eigenvalue weighted by Crippen LogP contribution is -2.35. The van der Waals surface area contributed by atoms with Gasteiger partial charge in [-0.25, -0.2) is 0 Å². The average Bonchev–Trinajstić information content (AvgIpc) is 3.37. The Bertz CT molecular complexity index is 1420. The van der Waals surface area contributed by atoms with Crippen LogP contribution in [-0.4, -0.2) is 21.6 Å². The van der Waals surface area contributed by atoms with Crippen LogP contribution in [0.1, 0.15) is 28.3 Å². The summed E-state index contributed by atoms with van der Waals surface area (Å²) < 4.78 is 0. The lowest BCUT2D eigenvalue weighted by Gasteiger charge is -2.30. The molecular weight excluding hydrogens is 444 g/mol. The molecular formula is C32H26N2O2. The van der Waals surface area contributed by atoms with Gasteiger partial charge in [0.05, 0.1) is 29.8 Å². The van der Waals surface area contributed by atoms with E-state index >= 15 is 0 Å². The Morgan fingerprint density at radius 2 is 1.08 bits per heavy atom. The number of fused-ring (bicyclic) bond motifs is 1. The molecule has 6 rings (SSSR count). The topological polar surface area (TPSA) is 40.6 Å². The first-order chi connectivity index (χ1) is 17.7. The van der Waals surface area contributed by atoms with Crippen molar-refractivity contribution in [3.63, 3.8) is 0 Å². The SMILES string of the molecule is O=C1C2C(=C(c3ccccc3)N1Cc1ccccc1)C(=O)N(Cc1ccccc1)C2c1ccccc1. The third kappa shape index (κ3) is 3.81. The van der Waals surface area contributed by atoms with E-state index in [0.717, 1.165) is 28.0 Å². The van der Waals surface area contributed by atoms with Gasteiger partial charge in [0, 0.05) is 6.54 Å². The fourth-order valence-electron chi connectivity index (χ4n) is 5.49. The number of carbonyl (C=O) groups excluding carboxylic acids is 2. The van der Waals surface area contributed by atoms with E-state index < -0.39 is 5.92 Å². The Kier molecular flexibility index (Phi) is 5.70. The summed E-state index contributed by atoms with van der Waals surface area (Å²) in [5.74, 6) is -0.645. The van der Waals surface area contributed by atoms with Crippen LogP contribution in [0.2, 0.25) is 0 Å². The fraction of sp³-hybridized carbons (Fsp3) is 0.125. The van der Waals surface area contributed by atoms with Crippen molar-refractivity contribution < 1.29 is 9.59 Å². The van der Waals surface area contributed by atoms with Gasteiger partial charge in [-0.1, -0.05) is 121 Å². The van der Waals surface area contributed by atoms with Crippen molar-refractivity contribution in [1.82, 2.24) is 9.80 Å². The third-order valence-corrected chi connectivity index (χ3v) is 7.08. The van der Waals surface area contributed by atoms with E-state index in [4.69, 9.17) is 0 Å². The molecule has 1 saturated heterocycles. The lowest BCUT2D eigenvalue weighted by molar-refractivity contribution is -0.131. The van der Waals surface area contributed by atoms with Gasteiger partial charge in [-0.15, -0.1) is 0 Å². The first-order valence-electron chi connectivity index (χ1n) is 12.3. The van der Waals surface area contributed by atoms with Crippen molar-refractivity contribution >= 4 is 17.5 Å². The fourth-order valence-corrected chi connectivity index (χ4v) is 5.49. The molecule has 0 N–H and O–H groups in total. The van der Waals surface area contributed by atoms with Gasteiger partial charge in [0.1, 0.15) is 0 Å². The smallest absolute Gasteiger partial charge is 0.253 e. The Balaban J connectivity index is 1.51. The molecule has 0 saturated carbocycles. The van der Waals surface area contributed by atoms with Crippen LogP contribution in [0.3, 0.4) is 0 Å². The highest BCUT2D eigenvalue weighted by atomic mass is 16.2. The van der Waals surface area contributed by atoms with Crippen LogP contribution in [-0.2, 0) is 22.7 Å². The van der Waals surface area contributed by atoms with Gasteiger partial charge >= 0.3 is 0 Å². The molecule has 4 aromatic rings. The van der Waals surface area contributed by atoms with E-state index in [1.54, 1.807) is 0 Å². The van der Waals surface area contributed by atoms with E-state index in [0.29, 0.717) is 18.7 Å². The predicted octanol–water partition coefficient (Wildman–Crippen LogP) is 5.84. The maximum absolute atomic E-state index is 14.2. The molecule has 0 aliphatic carbocycles. The van der Waals surface area contributed by atoms with Crippen LogP contribution in [0.25, 0.3) is 5.70 Å². The molecule has 2 unspecified atom stereocenters. The zero-order valence-corrected chi connectivity index (χ0v) is 19.8. The molecule has 1 fully saturated rings. The quantitative estimate of drug-likeness (QED) is 0.355. The van der Waals surface area contributed by atoms with Crippen molar-refractivity contribution in [1.29, 1.82) is 0 Å². The van der Waals surface area contributed by atoms with Crippen LogP contribution < -0.4 is 0 Å². The molecule has 4 aromatic carbocycles. The van der Waals surface area contributed by atoms with Gasteiger partial charge in [-0.2, -0.15) is 0 Å². The minimum Gasteiger partial charge on any atom is -0.326 e. The lowest BCUT2D eigenvalue weighted by atomic mass is 9.90. The van der Waals surface area contributed by atoms with E-state index in [-0.39, 0.29) is 17.9 Å². The van der Waals surface area contributed by atoms with E-state index in [1.807, 2.05) is 131 Å². The van der Waals surface area contributed by atoms with Crippen LogP contribution >= 0.6 is 0 Å². The van der Waals surface area contributed by atoms with Crippen LogP contribution in [0.4, 0.5) is 0 Å². The summed E-state index contributed by atoms with van der Waals surface area (Å²) in [5.41, 5.74) is 5.28. The van der Waals surface area contributed by atoms with Gasteiger partial charge in [-0.3, -0.25) is 9.59 Å². The molecule has 2 atom stereocenters. The Morgan fingerprint density at radius 3 is 1.67 bits per heavy atom. The summed E-state index contributed by atoms with van der Waals surface area (Å²) in [6, 6.07) is 39.4. The summed E-state index contributed by atoms with van der Waals surface area (Å²) in [4.78, 5) is 32.1. The predicted molar refractivity (Wildman–Crippen MR) is 140 cm³/mol. The molecule has 2 aliphatic heterocycles. The number of carbonyl (C=O) groups is 2. The van der Waals surface area contributed by atoms with Crippen LogP contribution in [0.5, 0.6) is 0 Å². The first kappa shape index (κ1) is 22.1. The zero-order valence-electron chi connectivity index (χ0n) is 19.8. The van der Waals surface area contributed by atoms with E-state index in [1.165, 1.54) is 0 Å². The molecule has 4 heteroatoms. The maximum Gasteiger partial charge on any atom is 0.253 e. The van der Waals surface area contributed by atoms with Gasteiger partial charge in [0.25, 0.3) is 5.91 Å². The molecule has 0 spiro atoms. The highest BCUT2D eigenvalue weighted by Gasteiger charge is 2.56. The molecule has 2 heterocycles. The Morgan fingerprint density at radius 1 is 0.583 bits per heavy atom. The number of hydrogen-bond donors (Lipinski definition) is 0. The van der Waals surface area contributed by atoms with Crippen molar-refractivity contribution in [2.24, 2.45) is 5.92 Å². The number of nitrogens with zero attached hydrogens (tertiary/aromatic N) is 2. The molecule has 0 bridgehead atoms. The summed E-state index contributed by atoms with van der Waals surface area (Å²) in [6.45, 7) is 0.880. The monoisotopic (exact) mass is 470 g/mol. The minimum atomic E-state index is -0.553. The Labute approximate surface area is 211 Å². The number of likely N-dealkylation sites (tertiary alicyclic amines) is 1. The van der Waals surface area contributed by atoms with Crippen molar-refractivity contribution in [3.8, 4) is 0 Å². The number of amides is 2.